The SMILES string of the molecule is Cc1ccc(Oc2ccc(Oc3ccc(N4C(=O)c5ccc(Oc6ccccc6-c6ccccc6Oc6ccc7c(c6)C(=O)N(C)C7=O)cc5C4=O)cc3)c(C(C)(C)C)c2)cc1. The quantitative estimate of drug-likeness (QED) is 0.125. The second kappa shape index (κ2) is 15.6. The number of rotatable bonds is 10. The van der Waals surface area contributed by atoms with E-state index in [-0.39, 0.29) is 33.9 Å². The number of anilines is 1. The number of carbonyl (C=O) groups is 4. The van der Waals surface area contributed by atoms with Crippen molar-refractivity contribution in [3.05, 3.63) is 185 Å². The maximum absolute atomic E-state index is 13.9. The van der Waals surface area contributed by atoms with E-state index in [1.54, 1.807) is 72.8 Å². The van der Waals surface area contributed by atoms with Crippen molar-refractivity contribution >= 4 is 29.3 Å². The van der Waals surface area contributed by atoms with Crippen LogP contribution in [0.1, 0.15) is 73.3 Å². The molecule has 0 saturated carbocycles. The lowest BCUT2D eigenvalue weighted by Crippen LogP contribution is -2.29. The summed E-state index contributed by atoms with van der Waals surface area (Å²) >= 11 is 0. The fraction of sp³-hybridized carbons (Fsp3) is 0.115. The molecule has 2 aliphatic rings. The summed E-state index contributed by atoms with van der Waals surface area (Å²) in [6, 6.07) is 44.9. The molecule has 0 spiro atoms. The number of amides is 4. The third kappa shape index (κ3) is 7.43. The van der Waals surface area contributed by atoms with Crippen molar-refractivity contribution in [1.29, 1.82) is 0 Å². The molecule has 7 aromatic rings. The standard InChI is InChI=1S/C52H40N2O8/c1-31-14-18-33(19-15-31)59-37-24-27-47(44(30-37)52(2,3)4)60-34-20-16-32(17-21-34)54-50(57)41-26-23-36(29-43(41)51(54)58)62-46-13-9-7-11-39(46)38-10-6-8-12-45(38)61-35-22-25-40-42(28-35)49(56)53(5)48(40)55/h6-30H,1-5H3. The Morgan fingerprint density at radius 2 is 0.839 bits per heavy atom. The van der Waals surface area contributed by atoms with Crippen molar-refractivity contribution in [2.75, 3.05) is 11.9 Å². The van der Waals surface area contributed by atoms with Gasteiger partial charge in [-0.15, -0.1) is 0 Å². The highest BCUT2D eigenvalue weighted by Crippen LogP contribution is 2.42. The van der Waals surface area contributed by atoms with Gasteiger partial charge in [0.1, 0.15) is 46.0 Å². The molecule has 2 aliphatic heterocycles. The van der Waals surface area contributed by atoms with Crippen molar-refractivity contribution in [1.82, 2.24) is 4.90 Å². The topological polar surface area (TPSA) is 112 Å². The Morgan fingerprint density at radius 3 is 1.44 bits per heavy atom. The molecule has 9 rings (SSSR count). The highest BCUT2D eigenvalue weighted by molar-refractivity contribution is 6.34. The second-order valence-corrected chi connectivity index (χ2v) is 16.1. The molecule has 0 saturated heterocycles. The van der Waals surface area contributed by atoms with E-state index in [9.17, 15) is 19.2 Å². The monoisotopic (exact) mass is 820 g/mol. The average Bonchev–Trinajstić information content (AvgIpc) is 3.64. The predicted molar refractivity (Wildman–Crippen MR) is 235 cm³/mol. The Kier molecular flexibility index (Phi) is 9.91. The minimum atomic E-state index is -0.476. The third-order valence-corrected chi connectivity index (χ3v) is 10.8. The smallest absolute Gasteiger partial charge is 0.266 e. The van der Waals surface area contributed by atoms with E-state index >= 15 is 0 Å². The lowest BCUT2D eigenvalue weighted by Gasteiger charge is -2.24. The van der Waals surface area contributed by atoms with Gasteiger partial charge < -0.3 is 18.9 Å². The van der Waals surface area contributed by atoms with E-state index in [1.807, 2.05) is 85.8 Å². The Bertz CT molecular complexity index is 2950. The summed E-state index contributed by atoms with van der Waals surface area (Å²) in [5.74, 6) is 2.70. The molecule has 0 aliphatic carbocycles. The van der Waals surface area contributed by atoms with Crippen LogP contribution in [0.15, 0.2) is 152 Å². The van der Waals surface area contributed by atoms with Crippen molar-refractivity contribution in [2.24, 2.45) is 0 Å². The zero-order chi connectivity index (χ0) is 43.3. The Balaban J connectivity index is 0.920. The van der Waals surface area contributed by atoms with Gasteiger partial charge in [-0.3, -0.25) is 24.1 Å². The molecule has 7 aromatic carbocycles. The van der Waals surface area contributed by atoms with Crippen LogP contribution in [0, 0.1) is 6.92 Å². The van der Waals surface area contributed by atoms with Crippen LogP contribution in [0.25, 0.3) is 11.1 Å². The van der Waals surface area contributed by atoms with Gasteiger partial charge in [-0.2, -0.15) is 0 Å². The number of fused-ring (bicyclic) bond motifs is 2. The number of benzene rings is 7. The molecular formula is C52H40N2O8. The zero-order valence-electron chi connectivity index (χ0n) is 34.6. The van der Waals surface area contributed by atoms with Gasteiger partial charge in [-0.05, 0) is 115 Å². The second-order valence-electron chi connectivity index (χ2n) is 16.1. The largest absolute Gasteiger partial charge is 0.457 e. The van der Waals surface area contributed by atoms with Crippen LogP contribution in [0.3, 0.4) is 0 Å². The van der Waals surface area contributed by atoms with Gasteiger partial charge >= 0.3 is 0 Å². The number of hydrogen-bond donors (Lipinski definition) is 0. The third-order valence-electron chi connectivity index (χ3n) is 10.8. The molecule has 10 heteroatoms. The maximum Gasteiger partial charge on any atom is 0.266 e. The summed E-state index contributed by atoms with van der Waals surface area (Å²) in [4.78, 5) is 54.9. The zero-order valence-corrected chi connectivity index (χ0v) is 34.6. The fourth-order valence-electron chi connectivity index (χ4n) is 7.51. The number of carbonyl (C=O) groups excluding carboxylic acids is 4. The molecule has 4 amide bonds. The van der Waals surface area contributed by atoms with Gasteiger partial charge in [-0.25, -0.2) is 4.90 Å². The summed E-state index contributed by atoms with van der Waals surface area (Å²) in [7, 11) is 1.45. The van der Waals surface area contributed by atoms with Crippen molar-refractivity contribution < 1.29 is 38.1 Å². The number of nitrogens with zero attached hydrogens (tertiary/aromatic N) is 2. The molecule has 0 fully saturated rings. The first-order chi connectivity index (χ1) is 29.8. The molecule has 0 bridgehead atoms. The predicted octanol–water partition coefficient (Wildman–Crippen LogP) is 12.2. The van der Waals surface area contributed by atoms with E-state index in [2.05, 4.69) is 20.8 Å². The average molecular weight is 821 g/mol. The van der Waals surface area contributed by atoms with Crippen molar-refractivity contribution in [3.63, 3.8) is 0 Å². The van der Waals surface area contributed by atoms with Gasteiger partial charge in [0.15, 0.2) is 0 Å². The summed E-state index contributed by atoms with van der Waals surface area (Å²) < 4.78 is 25.2. The number of hydrogen-bond acceptors (Lipinski definition) is 8. The van der Waals surface area contributed by atoms with E-state index < -0.39 is 11.8 Å². The minimum absolute atomic E-state index is 0.215. The molecule has 306 valence electrons. The molecule has 0 unspecified atom stereocenters. The molecule has 0 aromatic heterocycles. The summed E-state index contributed by atoms with van der Waals surface area (Å²) in [5.41, 5.74) is 4.72. The molecular weight excluding hydrogens is 781 g/mol. The molecule has 0 atom stereocenters. The fourth-order valence-corrected chi connectivity index (χ4v) is 7.51. The Labute approximate surface area is 358 Å². The van der Waals surface area contributed by atoms with E-state index in [0.29, 0.717) is 62.6 Å². The highest BCUT2D eigenvalue weighted by atomic mass is 16.5. The summed E-state index contributed by atoms with van der Waals surface area (Å²) in [6.07, 6.45) is 0. The van der Waals surface area contributed by atoms with Gasteiger partial charge in [0.25, 0.3) is 23.6 Å². The Morgan fingerprint density at radius 1 is 0.403 bits per heavy atom. The van der Waals surface area contributed by atoms with Crippen LogP contribution < -0.4 is 23.8 Å². The first-order valence-corrected chi connectivity index (χ1v) is 20.0. The molecule has 62 heavy (non-hydrogen) atoms. The van der Waals surface area contributed by atoms with Crippen LogP contribution >= 0.6 is 0 Å². The number of aryl methyl sites for hydroxylation is 1. The minimum Gasteiger partial charge on any atom is -0.457 e. The molecule has 0 N–H and O–H groups in total. The van der Waals surface area contributed by atoms with Crippen LogP contribution in [0.5, 0.6) is 46.0 Å². The van der Waals surface area contributed by atoms with Gasteiger partial charge in [0, 0.05) is 23.7 Å². The normalized spacial score (nSPS) is 13.3. The van der Waals surface area contributed by atoms with Crippen molar-refractivity contribution in [3.8, 4) is 57.1 Å². The van der Waals surface area contributed by atoms with Crippen molar-refractivity contribution in [2.45, 2.75) is 33.1 Å². The van der Waals surface area contributed by atoms with Crippen LogP contribution in [0.2, 0.25) is 0 Å². The Hall–Kier alpha value is -7.98. The first kappa shape index (κ1) is 39.5. The summed E-state index contributed by atoms with van der Waals surface area (Å²) in [6.45, 7) is 8.34. The van der Waals surface area contributed by atoms with Gasteiger partial charge in [-0.1, -0.05) is 74.9 Å². The molecule has 2 heterocycles. The van der Waals surface area contributed by atoms with Gasteiger partial charge in [0.2, 0.25) is 0 Å². The molecule has 0 radical (unpaired) electrons. The highest BCUT2D eigenvalue weighted by Gasteiger charge is 2.37. The van der Waals surface area contributed by atoms with Crippen LogP contribution in [-0.2, 0) is 5.41 Å². The summed E-state index contributed by atoms with van der Waals surface area (Å²) in [5, 5.41) is 0. The number of para-hydroxylation sites is 2. The number of ether oxygens (including phenoxy) is 4. The first-order valence-electron chi connectivity index (χ1n) is 20.0. The van der Waals surface area contributed by atoms with Gasteiger partial charge in [0.05, 0.1) is 27.9 Å². The van der Waals surface area contributed by atoms with Crippen LogP contribution in [0.4, 0.5) is 5.69 Å². The van der Waals surface area contributed by atoms with E-state index in [4.69, 9.17) is 18.9 Å². The lowest BCUT2D eigenvalue weighted by atomic mass is 9.86. The number of imide groups is 2. The molecule has 10 nitrogen and oxygen atoms in total. The van der Waals surface area contributed by atoms with Crippen LogP contribution in [-0.4, -0.2) is 35.6 Å². The maximum atomic E-state index is 13.9. The lowest BCUT2D eigenvalue weighted by molar-refractivity contribution is 0.0692. The van der Waals surface area contributed by atoms with E-state index in [0.717, 1.165) is 26.7 Å². The van der Waals surface area contributed by atoms with E-state index in [1.165, 1.54) is 7.05 Å².